The van der Waals surface area contributed by atoms with Crippen molar-refractivity contribution in [1.82, 2.24) is 15.1 Å². The molecule has 5 heteroatoms. The maximum Gasteiger partial charge on any atom is 0.220 e. The van der Waals surface area contributed by atoms with Crippen LogP contribution in [0.2, 0.25) is 0 Å². The molecule has 0 spiro atoms. The second kappa shape index (κ2) is 5.39. The number of carbonyl (C=O) groups excluding carboxylic acids is 1. The van der Waals surface area contributed by atoms with Crippen LogP contribution in [0.4, 0.5) is 0 Å². The van der Waals surface area contributed by atoms with Crippen molar-refractivity contribution in [2.45, 2.75) is 19.4 Å². The molecular formula is C9H16N4O. The molecule has 0 aliphatic rings. The average Bonchev–Trinajstić information content (AvgIpc) is 2.58. The summed E-state index contributed by atoms with van der Waals surface area (Å²) in [6.07, 6.45) is 4.85. The molecule has 0 atom stereocenters. The van der Waals surface area contributed by atoms with Crippen LogP contribution >= 0.6 is 0 Å². The lowest BCUT2D eigenvalue weighted by Crippen LogP contribution is -2.22. The Morgan fingerprint density at radius 1 is 1.71 bits per heavy atom. The Bertz CT molecular complexity index is 295. The summed E-state index contributed by atoms with van der Waals surface area (Å²) in [5.41, 5.74) is 6.30. The van der Waals surface area contributed by atoms with Crippen LogP contribution in [0.15, 0.2) is 12.4 Å². The van der Waals surface area contributed by atoms with Gasteiger partial charge in [-0.05, 0) is 13.0 Å². The number of nitrogens with one attached hydrogen (secondary N) is 1. The lowest BCUT2D eigenvalue weighted by Gasteiger charge is -2.01. The summed E-state index contributed by atoms with van der Waals surface area (Å²) in [6.45, 7) is 1.09. The van der Waals surface area contributed by atoms with Gasteiger partial charge in [0.05, 0.1) is 6.20 Å². The topological polar surface area (TPSA) is 72.9 Å². The van der Waals surface area contributed by atoms with Crippen molar-refractivity contribution in [3.63, 3.8) is 0 Å². The number of amides is 1. The number of aromatic nitrogens is 2. The molecule has 78 valence electrons. The first kappa shape index (κ1) is 10.7. The number of aryl methyl sites for hydroxylation is 1. The lowest BCUT2D eigenvalue weighted by atomic mass is 10.3. The summed E-state index contributed by atoms with van der Waals surface area (Å²) in [5, 5.41) is 6.80. The van der Waals surface area contributed by atoms with Gasteiger partial charge in [0.15, 0.2) is 0 Å². The normalized spacial score (nSPS) is 10.1. The van der Waals surface area contributed by atoms with Crippen molar-refractivity contribution in [3.05, 3.63) is 18.0 Å². The predicted molar refractivity (Wildman–Crippen MR) is 53.3 cm³/mol. The van der Waals surface area contributed by atoms with E-state index >= 15 is 0 Å². The van der Waals surface area contributed by atoms with Gasteiger partial charge in [-0.3, -0.25) is 9.48 Å². The molecule has 1 rings (SSSR count). The number of carbonyl (C=O) groups is 1. The fourth-order valence-corrected chi connectivity index (χ4v) is 1.11. The van der Waals surface area contributed by atoms with E-state index < -0.39 is 0 Å². The molecule has 14 heavy (non-hydrogen) atoms. The van der Waals surface area contributed by atoms with E-state index in [2.05, 4.69) is 10.4 Å². The third-order valence-electron chi connectivity index (χ3n) is 1.86. The lowest BCUT2D eigenvalue weighted by molar-refractivity contribution is -0.121. The van der Waals surface area contributed by atoms with E-state index in [-0.39, 0.29) is 5.91 Å². The summed E-state index contributed by atoms with van der Waals surface area (Å²) in [5.74, 6) is 0.0410. The molecular weight excluding hydrogens is 180 g/mol. The second-order valence-corrected chi connectivity index (χ2v) is 3.19. The standard InChI is InChI=1S/C9H16N4O/c1-13-7-8(6-12-13)5-11-9(14)3-2-4-10/h6-7H,2-5,10H2,1H3,(H,11,14). The van der Waals surface area contributed by atoms with Crippen LogP contribution < -0.4 is 11.1 Å². The maximum absolute atomic E-state index is 11.2. The third kappa shape index (κ3) is 3.57. The van der Waals surface area contributed by atoms with Crippen molar-refractivity contribution in [1.29, 1.82) is 0 Å². The average molecular weight is 196 g/mol. The quantitative estimate of drug-likeness (QED) is 0.683. The molecule has 0 aliphatic heterocycles. The van der Waals surface area contributed by atoms with Crippen LogP contribution in [0, 0.1) is 0 Å². The van der Waals surface area contributed by atoms with Crippen LogP contribution in [0.3, 0.4) is 0 Å². The first-order valence-electron chi connectivity index (χ1n) is 4.66. The zero-order valence-corrected chi connectivity index (χ0v) is 8.36. The van der Waals surface area contributed by atoms with Crippen LogP contribution in [-0.2, 0) is 18.4 Å². The van der Waals surface area contributed by atoms with E-state index in [1.807, 2.05) is 13.2 Å². The SMILES string of the molecule is Cn1cc(CNC(=O)CCCN)cn1. The Morgan fingerprint density at radius 3 is 3.07 bits per heavy atom. The fourth-order valence-electron chi connectivity index (χ4n) is 1.11. The minimum Gasteiger partial charge on any atom is -0.352 e. The first-order chi connectivity index (χ1) is 6.72. The van der Waals surface area contributed by atoms with Crippen molar-refractivity contribution in [2.24, 2.45) is 12.8 Å². The number of hydrogen-bond acceptors (Lipinski definition) is 3. The molecule has 0 unspecified atom stereocenters. The van der Waals surface area contributed by atoms with Crippen molar-refractivity contribution >= 4 is 5.91 Å². The molecule has 1 aromatic heterocycles. The van der Waals surface area contributed by atoms with Gasteiger partial charge in [0.2, 0.25) is 5.91 Å². The molecule has 0 fully saturated rings. The zero-order valence-electron chi connectivity index (χ0n) is 8.36. The van der Waals surface area contributed by atoms with Gasteiger partial charge in [-0.1, -0.05) is 0 Å². The summed E-state index contributed by atoms with van der Waals surface area (Å²) < 4.78 is 1.71. The molecule has 0 radical (unpaired) electrons. The van der Waals surface area contributed by atoms with E-state index in [9.17, 15) is 4.79 Å². The molecule has 0 saturated heterocycles. The fraction of sp³-hybridized carbons (Fsp3) is 0.556. The van der Waals surface area contributed by atoms with Crippen molar-refractivity contribution in [3.8, 4) is 0 Å². The smallest absolute Gasteiger partial charge is 0.220 e. The summed E-state index contributed by atoms with van der Waals surface area (Å²) in [4.78, 5) is 11.2. The van der Waals surface area contributed by atoms with Crippen LogP contribution in [0.5, 0.6) is 0 Å². The Morgan fingerprint density at radius 2 is 2.50 bits per heavy atom. The minimum atomic E-state index is 0.0410. The Labute approximate surface area is 83.3 Å². The van der Waals surface area contributed by atoms with Gasteiger partial charge in [0.1, 0.15) is 0 Å². The molecule has 0 aliphatic carbocycles. The molecule has 0 bridgehead atoms. The van der Waals surface area contributed by atoms with Gasteiger partial charge in [0, 0.05) is 31.8 Å². The Hall–Kier alpha value is -1.36. The summed E-state index contributed by atoms with van der Waals surface area (Å²) in [7, 11) is 1.85. The number of hydrogen-bond donors (Lipinski definition) is 2. The molecule has 0 saturated carbocycles. The maximum atomic E-state index is 11.2. The first-order valence-corrected chi connectivity index (χ1v) is 4.66. The summed E-state index contributed by atoms with van der Waals surface area (Å²) in [6, 6.07) is 0. The van der Waals surface area contributed by atoms with E-state index in [0.29, 0.717) is 19.5 Å². The molecule has 0 aromatic carbocycles. The highest BCUT2D eigenvalue weighted by Gasteiger charge is 2.01. The highest BCUT2D eigenvalue weighted by molar-refractivity contribution is 5.75. The highest BCUT2D eigenvalue weighted by Crippen LogP contribution is 1.95. The Kier molecular flexibility index (Phi) is 4.12. The van der Waals surface area contributed by atoms with Gasteiger partial charge in [-0.25, -0.2) is 0 Å². The molecule has 1 heterocycles. The van der Waals surface area contributed by atoms with Gasteiger partial charge >= 0.3 is 0 Å². The molecule has 3 N–H and O–H groups in total. The molecule has 1 amide bonds. The van der Waals surface area contributed by atoms with Crippen molar-refractivity contribution in [2.75, 3.05) is 6.54 Å². The van der Waals surface area contributed by atoms with Gasteiger partial charge in [0.25, 0.3) is 0 Å². The van der Waals surface area contributed by atoms with E-state index in [0.717, 1.165) is 12.0 Å². The van der Waals surface area contributed by atoms with E-state index in [1.165, 1.54) is 0 Å². The Balaban J connectivity index is 2.23. The van der Waals surface area contributed by atoms with Crippen LogP contribution in [0.1, 0.15) is 18.4 Å². The van der Waals surface area contributed by atoms with Gasteiger partial charge in [-0.15, -0.1) is 0 Å². The van der Waals surface area contributed by atoms with E-state index in [1.54, 1.807) is 10.9 Å². The van der Waals surface area contributed by atoms with Crippen LogP contribution in [0.25, 0.3) is 0 Å². The van der Waals surface area contributed by atoms with Gasteiger partial charge < -0.3 is 11.1 Å². The van der Waals surface area contributed by atoms with E-state index in [4.69, 9.17) is 5.73 Å². The zero-order chi connectivity index (χ0) is 10.4. The number of nitrogens with two attached hydrogens (primary N) is 1. The second-order valence-electron chi connectivity index (χ2n) is 3.19. The van der Waals surface area contributed by atoms with Crippen LogP contribution in [-0.4, -0.2) is 22.2 Å². The third-order valence-corrected chi connectivity index (χ3v) is 1.86. The molecule has 5 nitrogen and oxygen atoms in total. The highest BCUT2D eigenvalue weighted by atomic mass is 16.1. The van der Waals surface area contributed by atoms with Gasteiger partial charge in [-0.2, -0.15) is 5.10 Å². The van der Waals surface area contributed by atoms with Crippen molar-refractivity contribution < 1.29 is 4.79 Å². The largest absolute Gasteiger partial charge is 0.352 e. The number of nitrogens with zero attached hydrogens (tertiary/aromatic N) is 2. The minimum absolute atomic E-state index is 0.0410. The molecule has 1 aromatic rings. The predicted octanol–water partition coefficient (Wildman–Crippen LogP) is -0.225. The monoisotopic (exact) mass is 196 g/mol. The summed E-state index contributed by atoms with van der Waals surface area (Å²) >= 11 is 0. The number of rotatable bonds is 5.